The maximum atomic E-state index is 14.9. The zero-order chi connectivity index (χ0) is 33.1. The van der Waals surface area contributed by atoms with Gasteiger partial charge in [0.2, 0.25) is 0 Å². The van der Waals surface area contributed by atoms with Gasteiger partial charge in [0.25, 0.3) is 0 Å². The largest absolute Gasteiger partial charge is 0.432 e. The summed E-state index contributed by atoms with van der Waals surface area (Å²) < 4.78 is 159. The van der Waals surface area contributed by atoms with E-state index >= 15 is 0 Å². The lowest BCUT2D eigenvalue weighted by Gasteiger charge is -2.27. The van der Waals surface area contributed by atoms with E-state index in [0.29, 0.717) is 36.3 Å². The number of alkyl halides is 6. The molecular formula is C33H25F11O. The van der Waals surface area contributed by atoms with Crippen molar-refractivity contribution in [2.45, 2.75) is 57.5 Å². The summed E-state index contributed by atoms with van der Waals surface area (Å²) in [5, 5.41) is 0. The number of allylic oxidation sites excluding steroid dienone is 7. The normalized spacial score (nSPS) is 20.4. The lowest BCUT2D eigenvalue weighted by atomic mass is 9.90. The molecule has 0 saturated heterocycles. The first kappa shape index (κ1) is 33.9. The van der Waals surface area contributed by atoms with Crippen molar-refractivity contribution in [2.24, 2.45) is 11.8 Å². The van der Waals surface area contributed by atoms with Crippen LogP contribution in [-0.2, 0) is 6.42 Å². The molecule has 0 fully saturated rings. The van der Waals surface area contributed by atoms with Crippen LogP contribution in [0.25, 0.3) is 5.57 Å². The Balaban J connectivity index is 1.45. The monoisotopic (exact) mass is 646 g/mol. The van der Waals surface area contributed by atoms with Gasteiger partial charge in [0.1, 0.15) is 52.9 Å². The second kappa shape index (κ2) is 13.5. The van der Waals surface area contributed by atoms with Crippen molar-refractivity contribution in [2.75, 3.05) is 0 Å². The van der Waals surface area contributed by atoms with Crippen LogP contribution in [0, 0.1) is 41.1 Å². The lowest BCUT2D eigenvalue weighted by molar-refractivity contribution is -0.209. The SMILES string of the molecule is CCCCCc1cc(F)c(C#CC2=CCC(C(F)(F)Oc3ccc(C4=CC(F)C(C(F)(F)F)C(F)=C4)c(F)c3)C(F)=C2)c(F)c1. The lowest BCUT2D eigenvalue weighted by Crippen LogP contribution is -2.36. The smallest absolute Gasteiger partial charge is 0.407 e. The van der Waals surface area contributed by atoms with Gasteiger partial charge in [-0.05, 0) is 72.9 Å². The quantitative estimate of drug-likeness (QED) is 0.158. The predicted molar refractivity (Wildman–Crippen MR) is 145 cm³/mol. The Morgan fingerprint density at radius 2 is 1.53 bits per heavy atom. The van der Waals surface area contributed by atoms with Gasteiger partial charge in [-0.15, -0.1) is 0 Å². The van der Waals surface area contributed by atoms with Gasteiger partial charge in [-0.1, -0.05) is 37.7 Å². The Morgan fingerprint density at radius 3 is 2.11 bits per heavy atom. The van der Waals surface area contributed by atoms with Crippen LogP contribution in [-0.4, -0.2) is 18.5 Å². The standard InChI is InChI=1S/C33H25F11O/c1-2-3-4-5-19-13-25(34)23(26(35)14-19)9-6-18-7-11-24(28(37)12-18)33(43,44)45-21-8-10-22(27(36)17-21)20-15-29(38)31(30(39)16-20)32(40,41)42/h7-8,10,12-17,24,29,31H,2-5,11H2,1H3. The van der Waals surface area contributed by atoms with Gasteiger partial charge < -0.3 is 4.74 Å². The summed E-state index contributed by atoms with van der Waals surface area (Å²) in [5.41, 5.74) is -1.40. The van der Waals surface area contributed by atoms with E-state index in [1.807, 2.05) is 6.92 Å². The van der Waals surface area contributed by atoms with Crippen molar-refractivity contribution >= 4 is 5.57 Å². The van der Waals surface area contributed by atoms with Crippen LogP contribution in [0.2, 0.25) is 0 Å². The summed E-state index contributed by atoms with van der Waals surface area (Å²) in [7, 11) is 0. The maximum Gasteiger partial charge on any atom is 0.407 e. The molecule has 0 bridgehead atoms. The number of aryl methyl sites for hydroxylation is 1. The Hall–Kier alpha value is -4.01. The second-order valence-electron chi connectivity index (χ2n) is 10.5. The average Bonchev–Trinajstić information content (AvgIpc) is 2.91. The van der Waals surface area contributed by atoms with Crippen LogP contribution in [0.1, 0.15) is 49.3 Å². The molecule has 12 heteroatoms. The molecule has 0 aliphatic heterocycles. The van der Waals surface area contributed by atoms with E-state index in [1.54, 1.807) is 0 Å². The average molecular weight is 647 g/mol. The van der Waals surface area contributed by atoms with Gasteiger partial charge in [-0.25, -0.2) is 26.3 Å². The zero-order valence-corrected chi connectivity index (χ0v) is 23.5. The topological polar surface area (TPSA) is 9.23 Å². The fourth-order valence-electron chi connectivity index (χ4n) is 4.89. The van der Waals surface area contributed by atoms with E-state index in [4.69, 9.17) is 0 Å². The van der Waals surface area contributed by atoms with Crippen LogP contribution < -0.4 is 4.74 Å². The summed E-state index contributed by atoms with van der Waals surface area (Å²) in [4.78, 5) is 0. The highest BCUT2D eigenvalue weighted by Crippen LogP contribution is 2.43. The van der Waals surface area contributed by atoms with E-state index in [0.717, 1.165) is 49.6 Å². The number of hydrogen-bond acceptors (Lipinski definition) is 1. The number of halogens is 11. The van der Waals surface area contributed by atoms with Crippen LogP contribution >= 0.6 is 0 Å². The van der Waals surface area contributed by atoms with E-state index < -0.39 is 88.3 Å². The fourth-order valence-corrected chi connectivity index (χ4v) is 4.89. The molecule has 0 amide bonds. The minimum Gasteiger partial charge on any atom is -0.432 e. The third-order valence-electron chi connectivity index (χ3n) is 7.21. The summed E-state index contributed by atoms with van der Waals surface area (Å²) >= 11 is 0. The number of hydrogen-bond donors (Lipinski definition) is 0. The number of rotatable bonds is 8. The Bertz CT molecular complexity index is 1600. The van der Waals surface area contributed by atoms with Crippen molar-refractivity contribution in [1.29, 1.82) is 0 Å². The third kappa shape index (κ3) is 7.99. The van der Waals surface area contributed by atoms with Gasteiger partial charge >= 0.3 is 12.3 Å². The number of ether oxygens (including phenoxy) is 1. The van der Waals surface area contributed by atoms with Gasteiger partial charge in [-0.3, -0.25) is 0 Å². The molecular weight excluding hydrogens is 621 g/mol. The third-order valence-corrected chi connectivity index (χ3v) is 7.21. The second-order valence-corrected chi connectivity index (χ2v) is 10.5. The Labute approximate surface area is 251 Å². The van der Waals surface area contributed by atoms with Gasteiger partial charge in [0, 0.05) is 17.2 Å². The first-order valence-electron chi connectivity index (χ1n) is 13.8. The van der Waals surface area contributed by atoms with Crippen molar-refractivity contribution in [3.63, 3.8) is 0 Å². The molecule has 2 aliphatic carbocycles. The van der Waals surface area contributed by atoms with E-state index in [-0.39, 0.29) is 5.57 Å². The molecule has 0 saturated carbocycles. The summed E-state index contributed by atoms with van der Waals surface area (Å²) in [5.74, 6) is -7.87. The van der Waals surface area contributed by atoms with Crippen LogP contribution in [0.3, 0.4) is 0 Å². The van der Waals surface area contributed by atoms with Crippen molar-refractivity contribution in [3.05, 3.63) is 106 Å². The molecule has 0 spiro atoms. The minimum atomic E-state index is -5.23. The minimum absolute atomic E-state index is 0.124. The predicted octanol–water partition coefficient (Wildman–Crippen LogP) is 10.4. The molecule has 0 N–H and O–H groups in total. The number of unbranched alkanes of at least 4 members (excludes halogenated alkanes) is 2. The molecule has 4 rings (SSSR count). The summed E-state index contributed by atoms with van der Waals surface area (Å²) in [6.07, 6.45) is -7.54. The highest BCUT2D eigenvalue weighted by molar-refractivity contribution is 5.77. The number of benzene rings is 2. The van der Waals surface area contributed by atoms with Crippen LogP contribution in [0.5, 0.6) is 5.75 Å². The van der Waals surface area contributed by atoms with E-state index in [9.17, 15) is 48.3 Å². The highest BCUT2D eigenvalue weighted by atomic mass is 19.4. The first-order chi connectivity index (χ1) is 21.1. The van der Waals surface area contributed by atoms with Gasteiger partial charge in [-0.2, -0.15) is 22.0 Å². The molecule has 2 aromatic rings. The maximum absolute atomic E-state index is 14.9. The molecule has 0 heterocycles. The van der Waals surface area contributed by atoms with E-state index in [2.05, 4.69) is 16.6 Å². The molecule has 2 aromatic carbocycles. The first-order valence-corrected chi connectivity index (χ1v) is 13.8. The molecule has 3 atom stereocenters. The Kier molecular flexibility index (Phi) is 10.2. The zero-order valence-electron chi connectivity index (χ0n) is 23.5. The molecule has 45 heavy (non-hydrogen) atoms. The van der Waals surface area contributed by atoms with Crippen LogP contribution in [0.15, 0.2) is 71.9 Å². The molecule has 3 unspecified atom stereocenters. The highest BCUT2D eigenvalue weighted by Gasteiger charge is 2.49. The van der Waals surface area contributed by atoms with Crippen molar-refractivity contribution < 1.29 is 53.0 Å². The van der Waals surface area contributed by atoms with Crippen molar-refractivity contribution in [1.82, 2.24) is 0 Å². The molecule has 240 valence electrons. The summed E-state index contributed by atoms with van der Waals surface area (Å²) in [6.45, 7) is 1.99. The molecule has 1 nitrogen and oxygen atoms in total. The Morgan fingerprint density at radius 1 is 0.844 bits per heavy atom. The van der Waals surface area contributed by atoms with E-state index in [1.165, 1.54) is 0 Å². The molecule has 2 aliphatic rings. The van der Waals surface area contributed by atoms with Crippen molar-refractivity contribution in [3.8, 4) is 17.6 Å². The van der Waals surface area contributed by atoms with Crippen LogP contribution in [0.4, 0.5) is 48.3 Å². The molecule has 0 radical (unpaired) electrons. The molecule has 0 aromatic heterocycles. The fraction of sp³-hybridized carbons (Fsp3) is 0.333. The van der Waals surface area contributed by atoms with Gasteiger partial charge in [0.05, 0.1) is 5.56 Å². The van der Waals surface area contributed by atoms with Gasteiger partial charge in [0.15, 0.2) is 0 Å². The summed E-state index contributed by atoms with van der Waals surface area (Å²) in [6, 6.07) is 4.26.